The third kappa shape index (κ3) is 3.51. The average molecular weight is 253 g/mol. The van der Waals surface area contributed by atoms with Crippen LogP contribution >= 0.6 is 0 Å². The minimum absolute atomic E-state index is 0.128. The predicted molar refractivity (Wildman–Crippen MR) is 67.6 cm³/mol. The van der Waals surface area contributed by atoms with Crippen molar-refractivity contribution in [1.29, 1.82) is 0 Å². The maximum Gasteiger partial charge on any atom is 0.123 e. The largest absolute Gasteiger partial charge is 0.393 e. The van der Waals surface area contributed by atoms with Crippen LogP contribution in [-0.2, 0) is 0 Å². The van der Waals surface area contributed by atoms with E-state index in [2.05, 4.69) is 5.32 Å². The van der Waals surface area contributed by atoms with Crippen molar-refractivity contribution in [2.24, 2.45) is 5.92 Å². The van der Waals surface area contributed by atoms with Gasteiger partial charge in [-0.2, -0.15) is 0 Å². The Hall–Kier alpha value is -0.970. The van der Waals surface area contributed by atoms with Crippen molar-refractivity contribution in [3.05, 3.63) is 35.6 Å². The lowest BCUT2D eigenvalue weighted by atomic mass is 10.0. The van der Waals surface area contributed by atoms with Crippen LogP contribution < -0.4 is 5.32 Å². The molecule has 100 valence electrons. The fourth-order valence-corrected chi connectivity index (χ4v) is 2.04. The van der Waals surface area contributed by atoms with Crippen LogP contribution in [0.2, 0.25) is 0 Å². The van der Waals surface area contributed by atoms with Gasteiger partial charge in [-0.25, -0.2) is 4.39 Å². The minimum atomic E-state index is -1.12. The molecule has 0 radical (unpaired) electrons. The van der Waals surface area contributed by atoms with Crippen LogP contribution in [0.25, 0.3) is 0 Å². The van der Waals surface area contributed by atoms with Gasteiger partial charge in [0.1, 0.15) is 5.82 Å². The number of hydrogen-bond donors (Lipinski definition) is 3. The van der Waals surface area contributed by atoms with Gasteiger partial charge in [0.15, 0.2) is 0 Å². The fraction of sp³-hybridized carbons (Fsp3) is 0.571. The van der Waals surface area contributed by atoms with Gasteiger partial charge < -0.3 is 15.5 Å². The first-order valence-corrected chi connectivity index (χ1v) is 6.34. The number of benzene rings is 1. The van der Waals surface area contributed by atoms with Crippen LogP contribution in [0, 0.1) is 11.7 Å². The number of nitrogens with one attached hydrogen (secondary N) is 1. The van der Waals surface area contributed by atoms with Gasteiger partial charge in [-0.1, -0.05) is 12.1 Å². The van der Waals surface area contributed by atoms with Crippen molar-refractivity contribution >= 4 is 0 Å². The fourth-order valence-electron chi connectivity index (χ4n) is 2.04. The molecule has 3 N–H and O–H groups in total. The standard InChI is InChI=1S/C14H20FNO2/c1-14(18,9-17)8-16-13(10-2-3-10)11-4-6-12(15)7-5-11/h4-7,10,13,16-18H,2-3,8-9H2,1H3. The van der Waals surface area contributed by atoms with E-state index in [9.17, 15) is 9.50 Å². The predicted octanol–water partition coefficient (Wildman–Crippen LogP) is 1.61. The number of aliphatic hydroxyl groups is 2. The van der Waals surface area contributed by atoms with Crippen molar-refractivity contribution in [3.63, 3.8) is 0 Å². The first-order chi connectivity index (χ1) is 8.52. The first kappa shape index (κ1) is 13.5. The Morgan fingerprint density at radius 1 is 1.39 bits per heavy atom. The smallest absolute Gasteiger partial charge is 0.123 e. The molecule has 0 saturated heterocycles. The number of halogens is 1. The molecule has 4 heteroatoms. The van der Waals surface area contributed by atoms with Crippen molar-refractivity contribution in [1.82, 2.24) is 5.32 Å². The summed E-state index contributed by atoms with van der Waals surface area (Å²) in [7, 11) is 0. The molecule has 1 fully saturated rings. The first-order valence-electron chi connectivity index (χ1n) is 6.34. The van der Waals surface area contributed by atoms with Gasteiger partial charge in [-0.3, -0.25) is 0 Å². The van der Waals surface area contributed by atoms with Crippen molar-refractivity contribution < 1.29 is 14.6 Å². The zero-order valence-corrected chi connectivity index (χ0v) is 10.6. The van der Waals surface area contributed by atoms with Gasteiger partial charge >= 0.3 is 0 Å². The second-order valence-electron chi connectivity index (χ2n) is 5.40. The van der Waals surface area contributed by atoms with Crippen LogP contribution in [0.5, 0.6) is 0 Å². The summed E-state index contributed by atoms with van der Waals surface area (Å²) in [5.41, 5.74) is -0.0830. The highest BCUT2D eigenvalue weighted by atomic mass is 19.1. The summed E-state index contributed by atoms with van der Waals surface area (Å²) < 4.78 is 12.9. The molecule has 0 heterocycles. The summed E-state index contributed by atoms with van der Waals surface area (Å²) in [6.45, 7) is 1.64. The molecule has 1 aliphatic carbocycles. The number of aliphatic hydroxyl groups excluding tert-OH is 1. The van der Waals surface area contributed by atoms with E-state index in [1.54, 1.807) is 19.1 Å². The maximum atomic E-state index is 12.9. The highest BCUT2D eigenvalue weighted by Crippen LogP contribution is 2.41. The van der Waals surface area contributed by atoms with E-state index in [1.807, 2.05) is 0 Å². The van der Waals surface area contributed by atoms with Gasteiger partial charge in [0, 0.05) is 12.6 Å². The molecule has 0 spiro atoms. The quantitative estimate of drug-likeness (QED) is 0.722. The molecule has 3 nitrogen and oxygen atoms in total. The highest BCUT2D eigenvalue weighted by Gasteiger charge is 2.33. The molecular formula is C14H20FNO2. The van der Waals surface area contributed by atoms with E-state index in [1.165, 1.54) is 12.1 Å². The van der Waals surface area contributed by atoms with E-state index >= 15 is 0 Å². The molecule has 0 aliphatic heterocycles. The van der Waals surface area contributed by atoms with Crippen LogP contribution in [0.1, 0.15) is 31.4 Å². The van der Waals surface area contributed by atoms with E-state index in [4.69, 9.17) is 5.11 Å². The SMILES string of the molecule is CC(O)(CO)CNC(c1ccc(F)cc1)C1CC1. The zero-order chi connectivity index (χ0) is 13.2. The minimum Gasteiger partial charge on any atom is -0.393 e. The lowest BCUT2D eigenvalue weighted by molar-refractivity contribution is 0.000169. The Labute approximate surface area is 107 Å². The van der Waals surface area contributed by atoms with E-state index in [-0.39, 0.29) is 18.5 Å². The van der Waals surface area contributed by atoms with Gasteiger partial charge in [0.05, 0.1) is 12.2 Å². The molecule has 1 aromatic rings. The molecule has 2 rings (SSSR count). The Bertz CT molecular complexity index is 387. The van der Waals surface area contributed by atoms with Gasteiger partial charge in [0.2, 0.25) is 0 Å². The van der Waals surface area contributed by atoms with E-state index in [0.717, 1.165) is 18.4 Å². The zero-order valence-electron chi connectivity index (χ0n) is 10.6. The third-order valence-corrected chi connectivity index (χ3v) is 3.37. The Balaban J connectivity index is 2.02. The molecular weight excluding hydrogens is 233 g/mol. The normalized spacial score (nSPS) is 20.4. The van der Waals surface area contributed by atoms with Crippen molar-refractivity contribution in [2.45, 2.75) is 31.4 Å². The second-order valence-corrected chi connectivity index (χ2v) is 5.40. The molecule has 2 unspecified atom stereocenters. The summed E-state index contributed by atoms with van der Waals surface area (Å²) in [5, 5.41) is 22.1. The Kier molecular flexibility index (Phi) is 4.00. The van der Waals surface area contributed by atoms with E-state index < -0.39 is 5.60 Å². The summed E-state index contributed by atoms with van der Waals surface area (Å²) in [6.07, 6.45) is 2.30. The average Bonchev–Trinajstić information content (AvgIpc) is 3.16. The topological polar surface area (TPSA) is 52.5 Å². The maximum absolute atomic E-state index is 12.9. The lowest BCUT2D eigenvalue weighted by Gasteiger charge is -2.26. The summed E-state index contributed by atoms with van der Waals surface area (Å²) in [4.78, 5) is 0. The lowest BCUT2D eigenvalue weighted by Crippen LogP contribution is -2.42. The second kappa shape index (κ2) is 5.34. The summed E-state index contributed by atoms with van der Waals surface area (Å²) >= 11 is 0. The van der Waals surface area contributed by atoms with Crippen molar-refractivity contribution in [2.75, 3.05) is 13.2 Å². The molecule has 1 saturated carbocycles. The molecule has 0 aromatic heterocycles. The highest BCUT2D eigenvalue weighted by molar-refractivity contribution is 5.22. The van der Waals surface area contributed by atoms with Gasteiger partial charge in [-0.15, -0.1) is 0 Å². The van der Waals surface area contributed by atoms with Crippen LogP contribution in [0.3, 0.4) is 0 Å². The molecule has 0 amide bonds. The van der Waals surface area contributed by atoms with Gasteiger partial charge in [-0.05, 0) is 43.4 Å². The molecule has 18 heavy (non-hydrogen) atoms. The number of hydrogen-bond acceptors (Lipinski definition) is 3. The van der Waals surface area contributed by atoms with Crippen molar-refractivity contribution in [3.8, 4) is 0 Å². The van der Waals surface area contributed by atoms with Crippen LogP contribution in [-0.4, -0.2) is 29.0 Å². The summed E-state index contributed by atoms with van der Waals surface area (Å²) in [6, 6.07) is 6.59. The Morgan fingerprint density at radius 2 is 2.00 bits per heavy atom. The van der Waals surface area contributed by atoms with Gasteiger partial charge in [0.25, 0.3) is 0 Å². The molecule has 1 aromatic carbocycles. The van der Waals surface area contributed by atoms with E-state index in [0.29, 0.717) is 12.5 Å². The number of rotatable bonds is 6. The monoisotopic (exact) mass is 253 g/mol. The summed E-state index contributed by atoms with van der Waals surface area (Å²) in [5.74, 6) is 0.306. The third-order valence-electron chi connectivity index (χ3n) is 3.37. The Morgan fingerprint density at radius 3 is 2.50 bits per heavy atom. The van der Waals surface area contributed by atoms with Crippen LogP contribution in [0.15, 0.2) is 24.3 Å². The molecule has 2 atom stereocenters. The van der Waals surface area contributed by atoms with Crippen LogP contribution in [0.4, 0.5) is 4.39 Å². The molecule has 0 bridgehead atoms. The molecule has 1 aliphatic rings.